The maximum absolute atomic E-state index is 12.8. The smallest absolute Gasteiger partial charge is 0.275 e. The summed E-state index contributed by atoms with van der Waals surface area (Å²) in [6.07, 6.45) is 0. The molecule has 0 spiro atoms. The lowest BCUT2D eigenvalue weighted by Gasteiger charge is -2.06. The molecule has 0 fully saturated rings. The van der Waals surface area contributed by atoms with E-state index in [0.29, 0.717) is 0 Å². The Morgan fingerprint density at radius 3 is 2.11 bits per heavy atom. The Morgan fingerprint density at radius 1 is 0.947 bits per heavy atom. The summed E-state index contributed by atoms with van der Waals surface area (Å²) in [5.41, 5.74) is 1.94. The number of hydroxylamine groups is 1. The number of ketones is 1. The average Bonchev–Trinajstić information content (AvgIpc) is 2.46. The lowest BCUT2D eigenvalue weighted by Crippen LogP contribution is -2.21. The maximum Gasteiger partial charge on any atom is 0.275 e. The first-order valence-corrected chi connectivity index (χ1v) is 5.47. The summed E-state index contributed by atoms with van der Waals surface area (Å²) in [5, 5.41) is 8.64. The molecule has 0 saturated heterocycles. The Hall–Kier alpha value is -2.53. The summed E-state index contributed by atoms with van der Waals surface area (Å²) in [6.45, 7) is 0. The van der Waals surface area contributed by atoms with E-state index in [2.05, 4.69) is 0 Å². The van der Waals surface area contributed by atoms with Crippen molar-refractivity contribution in [3.8, 4) is 0 Å². The Kier molecular flexibility index (Phi) is 3.68. The number of hydrogen-bond donors (Lipinski definition) is 2. The van der Waals surface area contributed by atoms with Crippen molar-refractivity contribution in [2.45, 2.75) is 0 Å². The summed E-state index contributed by atoms with van der Waals surface area (Å²) >= 11 is 0. The van der Waals surface area contributed by atoms with Crippen LogP contribution in [0.25, 0.3) is 0 Å². The van der Waals surface area contributed by atoms with E-state index in [1.54, 1.807) is 12.1 Å². The lowest BCUT2D eigenvalue weighted by molar-refractivity contribution is 0.0703. The van der Waals surface area contributed by atoms with Gasteiger partial charge in [-0.15, -0.1) is 0 Å². The van der Waals surface area contributed by atoms with Gasteiger partial charge in [0.15, 0.2) is 5.78 Å². The lowest BCUT2D eigenvalue weighted by atomic mass is 9.98. The molecule has 5 heteroatoms. The fourth-order valence-corrected chi connectivity index (χ4v) is 1.70. The van der Waals surface area contributed by atoms with Crippen molar-refractivity contribution < 1.29 is 19.2 Å². The molecular weight excluding hydrogens is 249 g/mol. The van der Waals surface area contributed by atoms with Gasteiger partial charge in [0, 0.05) is 11.1 Å². The monoisotopic (exact) mass is 259 g/mol. The van der Waals surface area contributed by atoms with Crippen LogP contribution >= 0.6 is 0 Å². The van der Waals surface area contributed by atoms with Crippen molar-refractivity contribution in [3.63, 3.8) is 0 Å². The van der Waals surface area contributed by atoms with E-state index in [0.717, 1.165) is 0 Å². The van der Waals surface area contributed by atoms with Crippen LogP contribution < -0.4 is 5.48 Å². The molecule has 0 unspecified atom stereocenters. The minimum Gasteiger partial charge on any atom is -0.289 e. The van der Waals surface area contributed by atoms with Crippen molar-refractivity contribution >= 4 is 11.7 Å². The van der Waals surface area contributed by atoms with E-state index in [-0.39, 0.29) is 16.7 Å². The number of rotatable bonds is 3. The molecule has 0 aromatic heterocycles. The van der Waals surface area contributed by atoms with Gasteiger partial charge in [0.2, 0.25) is 0 Å². The van der Waals surface area contributed by atoms with E-state index < -0.39 is 17.5 Å². The van der Waals surface area contributed by atoms with Gasteiger partial charge in [-0.05, 0) is 30.3 Å². The van der Waals surface area contributed by atoms with E-state index >= 15 is 0 Å². The van der Waals surface area contributed by atoms with Crippen LogP contribution in [-0.2, 0) is 0 Å². The zero-order chi connectivity index (χ0) is 13.8. The summed E-state index contributed by atoms with van der Waals surface area (Å²) in [6, 6.07) is 11.1. The molecule has 0 atom stereocenters. The second-order valence-electron chi connectivity index (χ2n) is 3.82. The first kappa shape index (κ1) is 12.9. The Labute approximate surface area is 108 Å². The van der Waals surface area contributed by atoms with Gasteiger partial charge in [-0.3, -0.25) is 14.8 Å². The third kappa shape index (κ3) is 2.66. The van der Waals surface area contributed by atoms with Crippen LogP contribution in [-0.4, -0.2) is 16.9 Å². The molecule has 0 heterocycles. The van der Waals surface area contributed by atoms with E-state index in [1.807, 2.05) is 0 Å². The molecule has 0 radical (unpaired) electrons. The van der Waals surface area contributed by atoms with Crippen LogP contribution in [0.3, 0.4) is 0 Å². The second-order valence-corrected chi connectivity index (χ2v) is 3.82. The zero-order valence-electron chi connectivity index (χ0n) is 9.76. The molecule has 0 bridgehead atoms. The van der Waals surface area contributed by atoms with Gasteiger partial charge >= 0.3 is 0 Å². The Bertz CT molecular complexity index is 623. The predicted octanol–water partition coefficient (Wildman–Crippen LogP) is 2.18. The predicted molar refractivity (Wildman–Crippen MR) is 65.5 cm³/mol. The van der Waals surface area contributed by atoms with Crippen LogP contribution in [0, 0.1) is 5.82 Å². The average molecular weight is 259 g/mol. The van der Waals surface area contributed by atoms with Gasteiger partial charge in [0.05, 0.1) is 5.56 Å². The largest absolute Gasteiger partial charge is 0.289 e. The minimum atomic E-state index is -0.772. The zero-order valence-corrected chi connectivity index (χ0v) is 9.76. The van der Waals surface area contributed by atoms with Crippen molar-refractivity contribution in [3.05, 3.63) is 71.0 Å². The van der Waals surface area contributed by atoms with Crippen molar-refractivity contribution in [1.82, 2.24) is 5.48 Å². The molecule has 4 nitrogen and oxygen atoms in total. The highest BCUT2D eigenvalue weighted by Gasteiger charge is 2.17. The molecule has 2 aromatic carbocycles. The fraction of sp³-hybridized carbons (Fsp3) is 0. The first-order chi connectivity index (χ1) is 9.13. The highest BCUT2D eigenvalue weighted by atomic mass is 19.1. The number of amides is 1. The molecule has 0 aliphatic rings. The number of nitrogens with one attached hydrogen (secondary N) is 1. The third-order valence-corrected chi connectivity index (χ3v) is 2.62. The SMILES string of the molecule is O=C(NO)c1ccccc1C(=O)c1ccc(F)cc1. The number of benzene rings is 2. The normalized spacial score (nSPS) is 10.0. The van der Waals surface area contributed by atoms with Crippen LogP contribution in [0.15, 0.2) is 48.5 Å². The van der Waals surface area contributed by atoms with Gasteiger partial charge < -0.3 is 0 Å². The fourth-order valence-electron chi connectivity index (χ4n) is 1.70. The van der Waals surface area contributed by atoms with Crippen LogP contribution in [0.2, 0.25) is 0 Å². The molecule has 96 valence electrons. The number of carbonyl (C=O) groups excluding carboxylic acids is 2. The molecular formula is C14H10FNO3. The summed E-state index contributed by atoms with van der Waals surface area (Å²) in [5.74, 6) is -1.64. The summed E-state index contributed by atoms with van der Waals surface area (Å²) in [4.78, 5) is 23.7. The van der Waals surface area contributed by atoms with Gasteiger partial charge in [-0.25, -0.2) is 9.87 Å². The molecule has 2 N–H and O–H groups in total. The molecule has 2 aromatic rings. The number of carbonyl (C=O) groups is 2. The summed E-state index contributed by atoms with van der Waals surface area (Å²) in [7, 11) is 0. The third-order valence-electron chi connectivity index (χ3n) is 2.62. The van der Waals surface area contributed by atoms with E-state index in [9.17, 15) is 14.0 Å². The van der Waals surface area contributed by atoms with Crippen molar-refractivity contribution in [2.75, 3.05) is 0 Å². The summed E-state index contributed by atoms with van der Waals surface area (Å²) < 4.78 is 12.8. The molecule has 1 amide bonds. The molecule has 19 heavy (non-hydrogen) atoms. The van der Waals surface area contributed by atoms with Gasteiger partial charge in [0.25, 0.3) is 5.91 Å². The number of halogens is 1. The van der Waals surface area contributed by atoms with Crippen LogP contribution in [0.1, 0.15) is 26.3 Å². The topological polar surface area (TPSA) is 66.4 Å². The van der Waals surface area contributed by atoms with Gasteiger partial charge in [-0.1, -0.05) is 18.2 Å². The quantitative estimate of drug-likeness (QED) is 0.504. The van der Waals surface area contributed by atoms with E-state index in [1.165, 1.54) is 41.9 Å². The second kappa shape index (κ2) is 5.41. The van der Waals surface area contributed by atoms with E-state index in [4.69, 9.17) is 5.21 Å². The van der Waals surface area contributed by atoms with Crippen LogP contribution in [0.5, 0.6) is 0 Å². The molecule has 0 saturated carbocycles. The van der Waals surface area contributed by atoms with Crippen molar-refractivity contribution in [1.29, 1.82) is 0 Å². The standard InChI is InChI=1S/C14H10FNO3/c15-10-7-5-9(6-8-10)13(17)11-3-1-2-4-12(11)14(18)16-19/h1-8,19H,(H,16,18). The Morgan fingerprint density at radius 2 is 1.53 bits per heavy atom. The molecule has 0 aliphatic carbocycles. The number of hydrogen-bond acceptors (Lipinski definition) is 3. The Balaban J connectivity index is 2.44. The minimum absolute atomic E-state index is 0.0549. The highest BCUT2D eigenvalue weighted by molar-refractivity contribution is 6.15. The maximum atomic E-state index is 12.8. The molecule has 0 aliphatic heterocycles. The van der Waals surface area contributed by atoms with Crippen molar-refractivity contribution in [2.24, 2.45) is 0 Å². The first-order valence-electron chi connectivity index (χ1n) is 5.47. The highest BCUT2D eigenvalue weighted by Crippen LogP contribution is 2.15. The van der Waals surface area contributed by atoms with Gasteiger partial charge in [0.1, 0.15) is 5.82 Å². The van der Waals surface area contributed by atoms with Crippen LogP contribution in [0.4, 0.5) is 4.39 Å². The molecule has 2 rings (SSSR count). The van der Waals surface area contributed by atoms with Gasteiger partial charge in [-0.2, -0.15) is 0 Å².